The summed E-state index contributed by atoms with van der Waals surface area (Å²) in [6, 6.07) is 3.06. The summed E-state index contributed by atoms with van der Waals surface area (Å²) in [5.74, 6) is -1.09. The topological polar surface area (TPSA) is 93.4 Å². The van der Waals surface area contributed by atoms with Gasteiger partial charge in [0, 0.05) is 18.2 Å². The molecule has 29 heavy (non-hydrogen) atoms. The number of nitriles is 1. The number of nitrogens with zero attached hydrogens (tertiary/aromatic N) is 5. The molecule has 150 valence electrons. The number of hydrogen-bond acceptors (Lipinski definition) is 5. The first-order valence-corrected chi connectivity index (χ1v) is 8.99. The van der Waals surface area contributed by atoms with Crippen LogP contribution in [0.1, 0.15) is 42.1 Å². The van der Waals surface area contributed by atoms with Crippen LogP contribution in [0.25, 0.3) is 22.3 Å². The van der Waals surface area contributed by atoms with E-state index in [1.54, 1.807) is 0 Å². The van der Waals surface area contributed by atoms with E-state index in [2.05, 4.69) is 15.1 Å². The predicted molar refractivity (Wildman–Crippen MR) is 97.1 cm³/mol. The van der Waals surface area contributed by atoms with Crippen LogP contribution in [0, 0.1) is 24.1 Å². The average molecular weight is 404 g/mol. The summed E-state index contributed by atoms with van der Waals surface area (Å²) in [5.41, 5.74) is 3.62. The van der Waals surface area contributed by atoms with Crippen molar-refractivity contribution in [3.8, 4) is 17.5 Å². The molecule has 0 amide bonds. The van der Waals surface area contributed by atoms with Crippen molar-refractivity contribution < 1.29 is 17.6 Å². The van der Waals surface area contributed by atoms with Gasteiger partial charge in [0.15, 0.2) is 5.82 Å². The van der Waals surface area contributed by atoms with E-state index < -0.39 is 28.9 Å². The third-order valence-electron chi connectivity index (χ3n) is 4.88. The molecule has 0 aliphatic heterocycles. The van der Waals surface area contributed by atoms with Crippen molar-refractivity contribution in [1.29, 1.82) is 5.26 Å². The van der Waals surface area contributed by atoms with Crippen molar-refractivity contribution in [3.05, 3.63) is 34.9 Å². The number of rotatable bonds is 4. The number of halogens is 4. The minimum absolute atomic E-state index is 0.00121. The van der Waals surface area contributed by atoms with Gasteiger partial charge in [-0.05, 0) is 31.4 Å². The molecule has 3 heterocycles. The lowest BCUT2D eigenvalue weighted by molar-refractivity contribution is -0.137. The molecule has 10 heteroatoms. The Bertz CT molecular complexity index is 1150. The Morgan fingerprint density at radius 2 is 2.00 bits per heavy atom. The van der Waals surface area contributed by atoms with E-state index in [-0.39, 0.29) is 35.8 Å². The van der Waals surface area contributed by atoms with Crippen LogP contribution in [0.2, 0.25) is 0 Å². The first-order chi connectivity index (χ1) is 13.7. The number of aromatic nitrogens is 4. The first-order valence-electron chi connectivity index (χ1n) is 8.99. The largest absolute Gasteiger partial charge is 0.418 e. The molecule has 1 aliphatic rings. The van der Waals surface area contributed by atoms with Gasteiger partial charge in [0.25, 0.3) is 0 Å². The summed E-state index contributed by atoms with van der Waals surface area (Å²) < 4.78 is 58.2. The number of anilines is 1. The highest BCUT2D eigenvalue weighted by Crippen LogP contribution is 2.42. The number of fused-ring (bicyclic) bond motifs is 1. The minimum atomic E-state index is -4.77. The van der Waals surface area contributed by atoms with Gasteiger partial charge in [0.1, 0.15) is 22.7 Å². The second-order valence-corrected chi connectivity index (χ2v) is 7.05. The second kappa shape index (κ2) is 6.69. The molecule has 4 rings (SSSR count). The Kier molecular flexibility index (Phi) is 4.41. The van der Waals surface area contributed by atoms with Gasteiger partial charge in [-0.25, -0.2) is 14.4 Å². The van der Waals surface area contributed by atoms with E-state index >= 15 is 4.39 Å². The number of alkyl halides is 3. The Hall–Kier alpha value is -3.22. The molecule has 0 bridgehead atoms. The molecular formula is C19H16F4N6. The molecule has 0 aromatic carbocycles. The highest BCUT2D eigenvalue weighted by molar-refractivity contribution is 5.86. The predicted octanol–water partition coefficient (Wildman–Crippen LogP) is 4.33. The summed E-state index contributed by atoms with van der Waals surface area (Å²) in [4.78, 5) is 7.95. The number of hydrogen-bond donors (Lipinski definition) is 1. The zero-order chi connectivity index (χ0) is 20.9. The molecule has 0 atom stereocenters. The molecule has 0 unspecified atom stereocenters. The number of nitrogens with two attached hydrogens (primary N) is 1. The van der Waals surface area contributed by atoms with Crippen LogP contribution in [-0.2, 0) is 12.6 Å². The summed E-state index contributed by atoms with van der Waals surface area (Å²) >= 11 is 0. The van der Waals surface area contributed by atoms with Gasteiger partial charge in [-0.15, -0.1) is 0 Å². The van der Waals surface area contributed by atoms with Crippen molar-refractivity contribution in [2.75, 3.05) is 5.73 Å². The van der Waals surface area contributed by atoms with Gasteiger partial charge in [-0.2, -0.15) is 23.5 Å². The van der Waals surface area contributed by atoms with Crippen molar-refractivity contribution >= 4 is 16.7 Å². The Morgan fingerprint density at radius 1 is 1.28 bits per heavy atom. The van der Waals surface area contributed by atoms with Crippen LogP contribution in [0.5, 0.6) is 0 Å². The second-order valence-electron chi connectivity index (χ2n) is 7.05. The zero-order valence-electron chi connectivity index (χ0n) is 15.4. The first kappa shape index (κ1) is 19.1. The summed E-state index contributed by atoms with van der Waals surface area (Å²) in [5, 5.41) is 13.5. The minimum Gasteiger partial charge on any atom is -0.384 e. The monoisotopic (exact) mass is 404 g/mol. The Morgan fingerprint density at radius 3 is 2.62 bits per heavy atom. The van der Waals surface area contributed by atoms with E-state index in [1.165, 1.54) is 17.8 Å². The van der Waals surface area contributed by atoms with Gasteiger partial charge in [0.05, 0.1) is 29.6 Å². The van der Waals surface area contributed by atoms with E-state index in [1.807, 2.05) is 6.07 Å². The van der Waals surface area contributed by atoms with Crippen molar-refractivity contribution in [2.24, 2.45) is 0 Å². The van der Waals surface area contributed by atoms with Crippen LogP contribution in [0.15, 0.2) is 12.3 Å². The van der Waals surface area contributed by atoms with E-state index in [0.29, 0.717) is 11.1 Å². The maximum absolute atomic E-state index is 15.5. The molecule has 3 aromatic rings. The molecule has 0 saturated heterocycles. The van der Waals surface area contributed by atoms with Crippen LogP contribution in [0.4, 0.5) is 23.4 Å². The van der Waals surface area contributed by atoms with Crippen LogP contribution < -0.4 is 5.73 Å². The zero-order valence-corrected chi connectivity index (χ0v) is 15.4. The molecule has 0 radical (unpaired) electrons. The lowest BCUT2D eigenvalue weighted by Gasteiger charge is -2.17. The molecule has 0 spiro atoms. The van der Waals surface area contributed by atoms with Crippen molar-refractivity contribution in [3.63, 3.8) is 0 Å². The smallest absolute Gasteiger partial charge is 0.384 e. The molecule has 1 fully saturated rings. The maximum atomic E-state index is 15.5. The average Bonchev–Trinajstić information content (AvgIpc) is 3.37. The summed E-state index contributed by atoms with van der Waals surface area (Å²) in [6.07, 6.45) is -1.47. The van der Waals surface area contributed by atoms with Gasteiger partial charge in [-0.3, -0.25) is 4.68 Å². The molecule has 6 nitrogen and oxygen atoms in total. The number of pyridine rings is 2. The third kappa shape index (κ3) is 3.26. The van der Waals surface area contributed by atoms with Gasteiger partial charge in [0.2, 0.25) is 0 Å². The summed E-state index contributed by atoms with van der Waals surface area (Å²) in [6.45, 7) is 1.24. The quantitative estimate of drug-likeness (QED) is 0.653. The fourth-order valence-corrected chi connectivity index (χ4v) is 3.49. The lowest BCUT2D eigenvalue weighted by Crippen LogP contribution is -2.14. The van der Waals surface area contributed by atoms with Crippen LogP contribution in [0.3, 0.4) is 0 Å². The number of aryl methyl sites for hydroxylation is 2. The van der Waals surface area contributed by atoms with Crippen LogP contribution in [-0.4, -0.2) is 19.7 Å². The summed E-state index contributed by atoms with van der Waals surface area (Å²) in [7, 11) is 0. The van der Waals surface area contributed by atoms with Gasteiger partial charge in [-0.1, -0.05) is 0 Å². The molecule has 3 aromatic heterocycles. The highest BCUT2D eigenvalue weighted by Gasteiger charge is 2.39. The SMILES string of the molecule is Cc1cc(N)nc(-c2nc(CCC#N)c3cnn(C4CC4)c3c2F)c1C(F)(F)F. The normalized spacial score (nSPS) is 14.3. The Labute approximate surface area is 163 Å². The third-order valence-corrected chi connectivity index (χ3v) is 4.88. The lowest BCUT2D eigenvalue weighted by atomic mass is 10.0. The highest BCUT2D eigenvalue weighted by atomic mass is 19.4. The molecule has 1 aliphatic carbocycles. The standard InChI is InChI=1S/C19H16F4N6/c1-9-7-13(25)28-16(14(9)19(21,22)23)17-15(20)18-11(12(27-17)3-2-6-24)8-26-29(18)10-4-5-10/h7-8,10H,2-5H2,1H3,(H2,25,28). The fourth-order valence-electron chi connectivity index (χ4n) is 3.49. The molecule has 1 saturated carbocycles. The fraction of sp³-hybridized carbons (Fsp3) is 0.368. The van der Waals surface area contributed by atoms with Gasteiger partial charge >= 0.3 is 6.18 Å². The molecular weight excluding hydrogens is 388 g/mol. The van der Waals surface area contributed by atoms with E-state index in [0.717, 1.165) is 18.9 Å². The van der Waals surface area contributed by atoms with E-state index in [4.69, 9.17) is 11.0 Å². The van der Waals surface area contributed by atoms with Crippen LogP contribution >= 0.6 is 0 Å². The maximum Gasteiger partial charge on any atom is 0.418 e. The number of nitrogen functional groups attached to an aromatic ring is 1. The van der Waals surface area contributed by atoms with E-state index in [9.17, 15) is 13.2 Å². The van der Waals surface area contributed by atoms with Crippen molar-refractivity contribution in [1.82, 2.24) is 19.7 Å². The van der Waals surface area contributed by atoms with Crippen molar-refractivity contribution in [2.45, 2.75) is 44.8 Å². The molecule has 2 N–H and O–H groups in total. The van der Waals surface area contributed by atoms with Gasteiger partial charge < -0.3 is 5.73 Å². The Balaban J connectivity index is 2.06.